The van der Waals surface area contributed by atoms with Crippen molar-refractivity contribution in [2.45, 2.75) is 33.1 Å². The van der Waals surface area contributed by atoms with E-state index in [1.165, 1.54) is 19.3 Å². The highest BCUT2D eigenvalue weighted by Gasteiger charge is 2.34. The van der Waals surface area contributed by atoms with Crippen LogP contribution in [-0.4, -0.2) is 0 Å². The second-order valence-corrected chi connectivity index (χ2v) is 3.57. The van der Waals surface area contributed by atoms with Crippen LogP contribution in [-0.2, 0) is 0 Å². The zero-order chi connectivity index (χ0) is 7.56. The molecule has 0 aliphatic heterocycles. The molecule has 0 N–H and O–H groups in total. The van der Waals surface area contributed by atoms with Gasteiger partial charge in [0.15, 0.2) is 0 Å². The summed E-state index contributed by atoms with van der Waals surface area (Å²) in [6.45, 7) is 8.48. The summed E-state index contributed by atoms with van der Waals surface area (Å²) >= 11 is 0. The molecule has 58 valence electrons. The third-order valence-corrected chi connectivity index (χ3v) is 2.85. The van der Waals surface area contributed by atoms with Gasteiger partial charge in [-0.1, -0.05) is 26.3 Å². The van der Waals surface area contributed by atoms with E-state index in [9.17, 15) is 0 Å². The zero-order valence-corrected chi connectivity index (χ0v) is 7.14. The second kappa shape index (κ2) is 3.23. The van der Waals surface area contributed by atoms with Crippen LogP contribution in [0.5, 0.6) is 0 Å². The van der Waals surface area contributed by atoms with Crippen molar-refractivity contribution in [3.05, 3.63) is 12.7 Å². The van der Waals surface area contributed by atoms with Crippen molar-refractivity contribution in [1.29, 1.82) is 0 Å². The van der Waals surface area contributed by atoms with Crippen LogP contribution in [0.3, 0.4) is 0 Å². The van der Waals surface area contributed by atoms with Crippen molar-refractivity contribution < 1.29 is 0 Å². The Hall–Kier alpha value is -0.260. The van der Waals surface area contributed by atoms with Gasteiger partial charge in [-0.2, -0.15) is 0 Å². The Labute approximate surface area is 64.3 Å². The van der Waals surface area contributed by atoms with E-state index in [1.807, 2.05) is 0 Å². The van der Waals surface area contributed by atoms with Gasteiger partial charge < -0.3 is 0 Å². The Morgan fingerprint density at radius 1 is 1.60 bits per heavy atom. The lowest BCUT2D eigenvalue weighted by molar-refractivity contribution is 0.115. The largest absolute Gasteiger partial charge is 0.103 e. The van der Waals surface area contributed by atoms with E-state index >= 15 is 0 Å². The fourth-order valence-corrected chi connectivity index (χ4v) is 2.11. The molecule has 0 aromatic rings. The third kappa shape index (κ3) is 1.25. The Balaban J connectivity index is 2.32. The summed E-state index contributed by atoms with van der Waals surface area (Å²) < 4.78 is 0. The van der Waals surface area contributed by atoms with E-state index in [0.717, 1.165) is 17.8 Å². The van der Waals surface area contributed by atoms with Crippen LogP contribution < -0.4 is 0 Å². The zero-order valence-electron chi connectivity index (χ0n) is 7.14. The molecule has 10 heavy (non-hydrogen) atoms. The van der Waals surface area contributed by atoms with Gasteiger partial charge in [-0.25, -0.2) is 0 Å². The van der Waals surface area contributed by atoms with Crippen molar-refractivity contribution >= 4 is 0 Å². The second-order valence-electron chi connectivity index (χ2n) is 3.57. The maximum atomic E-state index is 3.85. The van der Waals surface area contributed by atoms with Crippen LogP contribution in [0.1, 0.15) is 33.1 Å². The minimum Gasteiger partial charge on any atom is -0.103 e. The summed E-state index contributed by atoms with van der Waals surface area (Å²) in [7, 11) is 0. The molecule has 0 heteroatoms. The molecule has 3 atom stereocenters. The van der Waals surface area contributed by atoms with E-state index < -0.39 is 0 Å². The molecule has 0 aromatic carbocycles. The third-order valence-electron chi connectivity index (χ3n) is 2.85. The van der Waals surface area contributed by atoms with Crippen molar-refractivity contribution in [3.63, 3.8) is 0 Å². The summed E-state index contributed by atoms with van der Waals surface area (Å²) in [6.07, 6.45) is 6.26. The molecule has 0 heterocycles. The molecule has 1 aliphatic carbocycles. The van der Waals surface area contributed by atoms with Gasteiger partial charge in [0, 0.05) is 0 Å². The molecule has 0 bridgehead atoms. The normalized spacial score (nSPS) is 38.8. The van der Waals surface area contributed by atoms with Gasteiger partial charge in [0.1, 0.15) is 0 Å². The molecular formula is C10H18. The van der Waals surface area contributed by atoms with Crippen molar-refractivity contribution in [3.8, 4) is 0 Å². The summed E-state index contributed by atoms with van der Waals surface area (Å²) in [5.41, 5.74) is 0. The molecular weight excluding hydrogens is 120 g/mol. The van der Waals surface area contributed by atoms with Crippen LogP contribution in [0.4, 0.5) is 0 Å². The monoisotopic (exact) mass is 138 g/mol. The molecule has 0 amide bonds. The fourth-order valence-electron chi connectivity index (χ4n) is 2.11. The molecule has 1 rings (SSSR count). The fraction of sp³-hybridized carbons (Fsp3) is 0.800. The van der Waals surface area contributed by atoms with E-state index in [-0.39, 0.29) is 0 Å². The lowest BCUT2D eigenvalue weighted by atomic mass is 9.64. The van der Waals surface area contributed by atoms with Crippen LogP contribution in [0.15, 0.2) is 12.7 Å². The molecule has 0 nitrogen and oxygen atoms in total. The molecule has 0 radical (unpaired) electrons. The number of hydrogen-bond acceptors (Lipinski definition) is 0. The molecule has 3 unspecified atom stereocenters. The SMILES string of the molecule is C=CC1CC(C)C1CCC. The lowest BCUT2D eigenvalue weighted by Gasteiger charge is -2.41. The average molecular weight is 138 g/mol. The quantitative estimate of drug-likeness (QED) is 0.525. The van der Waals surface area contributed by atoms with Crippen LogP contribution in [0, 0.1) is 17.8 Å². The standard InChI is InChI=1S/C10H18/c1-4-6-10-8(3)7-9(10)5-2/h5,8-10H,2,4,6-7H2,1,3H3. The first kappa shape index (κ1) is 7.84. The highest BCUT2D eigenvalue weighted by molar-refractivity contribution is 4.95. The summed E-state index contributed by atoms with van der Waals surface area (Å²) in [6, 6.07) is 0. The van der Waals surface area contributed by atoms with Crippen LogP contribution in [0.2, 0.25) is 0 Å². The van der Waals surface area contributed by atoms with Crippen LogP contribution in [0.25, 0.3) is 0 Å². The highest BCUT2D eigenvalue weighted by Crippen LogP contribution is 2.43. The first-order valence-electron chi connectivity index (χ1n) is 4.42. The smallest absolute Gasteiger partial charge is 0.0203 e. The van der Waals surface area contributed by atoms with Crippen LogP contribution >= 0.6 is 0 Å². The van der Waals surface area contributed by atoms with Gasteiger partial charge in [-0.05, 0) is 30.6 Å². The van der Waals surface area contributed by atoms with Gasteiger partial charge in [-0.3, -0.25) is 0 Å². The lowest BCUT2D eigenvalue weighted by Crippen LogP contribution is -2.33. The Morgan fingerprint density at radius 2 is 2.30 bits per heavy atom. The highest BCUT2D eigenvalue weighted by atomic mass is 14.4. The van der Waals surface area contributed by atoms with Crippen molar-refractivity contribution in [2.24, 2.45) is 17.8 Å². The summed E-state index contributed by atoms with van der Waals surface area (Å²) in [5.74, 6) is 2.76. The molecule has 0 saturated heterocycles. The van der Waals surface area contributed by atoms with Gasteiger partial charge in [0.25, 0.3) is 0 Å². The summed E-state index contributed by atoms with van der Waals surface area (Å²) in [5, 5.41) is 0. The van der Waals surface area contributed by atoms with E-state index in [0.29, 0.717) is 0 Å². The minimum atomic E-state index is 0.843. The number of allylic oxidation sites excluding steroid dienone is 1. The predicted molar refractivity (Wildman–Crippen MR) is 45.9 cm³/mol. The topological polar surface area (TPSA) is 0 Å². The molecule has 0 aromatic heterocycles. The van der Waals surface area contributed by atoms with E-state index in [1.54, 1.807) is 0 Å². The van der Waals surface area contributed by atoms with E-state index in [4.69, 9.17) is 0 Å². The molecule has 1 saturated carbocycles. The maximum Gasteiger partial charge on any atom is -0.0203 e. The van der Waals surface area contributed by atoms with Crippen molar-refractivity contribution in [1.82, 2.24) is 0 Å². The van der Waals surface area contributed by atoms with Gasteiger partial charge in [0.05, 0.1) is 0 Å². The first-order valence-corrected chi connectivity index (χ1v) is 4.42. The first-order chi connectivity index (χ1) is 4.79. The average Bonchev–Trinajstić information content (AvgIpc) is 1.95. The Bertz CT molecular complexity index is 115. The minimum absolute atomic E-state index is 0.843. The van der Waals surface area contributed by atoms with Gasteiger partial charge in [0.2, 0.25) is 0 Å². The summed E-state index contributed by atoms with van der Waals surface area (Å²) in [4.78, 5) is 0. The van der Waals surface area contributed by atoms with Gasteiger partial charge in [-0.15, -0.1) is 6.58 Å². The molecule has 1 fully saturated rings. The maximum absolute atomic E-state index is 3.85. The molecule has 0 spiro atoms. The van der Waals surface area contributed by atoms with Crippen molar-refractivity contribution in [2.75, 3.05) is 0 Å². The number of rotatable bonds is 3. The Morgan fingerprint density at radius 3 is 2.70 bits per heavy atom. The Kier molecular flexibility index (Phi) is 2.53. The number of hydrogen-bond donors (Lipinski definition) is 0. The molecule has 1 aliphatic rings. The van der Waals surface area contributed by atoms with Gasteiger partial charge >= 0.3 is 0 Å². The van der Waals surface area contributed by atoms with E-state index in [2.05, 4.69) is 26.5 Å². The predicted octanol–water partition coefficient (Wildman–Crippen LogP) is 3.24.